The maximum absolute atomic E-state index is 13.2. The van der Waals surface area contributed by atoms with Gasteiger partial charge in [0.05, 0.1) is 17.2 Å². The van der Waals surface area contributed by atoms with E-state index in [9.17, 15) is 26.0 Å². The SMILES string of the molecule is CNS(=O)(=O)c1ccc(C)c(NC(=O)CC(NS(C)(=O)=O)c2ccc(F)cc2)c1. The van der Waals surface area contributed by atoms with E-state index >= 15 is 0 Å². The largest absolute Gasteiger partial charge is 0.326 e. The molecule has 0 aliphatic carbocycles. The zero-order valence-electron chi connectivity index (χ0n) is 16.1. The molecule has 2 rings (SSSR count). The minimum atomic E-state index is -3.70. The number of halogens is 1. The van der Waals surface area contributed by atoms with Crippen molar-refractivity contribution in [2.75, 3.05) is 18.6 Å². The molecule has 0 aliphatic heterocycles. The molecule has 1 unspecified atom stereocenters. The van der Waals surface area contributed by atoms with Crippen molar-refractivity contribution >= 4 is 31.6 Å². The summed E-state index contributed by atoms with van der Waals surface area (Å²) in [7, 11) is -6.07. The molecule has 0 fully saturated rings. The van der Waals surface area contributed by atoms with E-state index in [0.29, 0.717) is 11.1 Å². The van der Waals surface area contributed by atoms with Gasteiger partial charge < -0.3 is 5.32 Å². The number of amides is 1. The summed E-state index contributed by atoms with van der Waals surface area (Å²) in [5.41, 5.74) is 1.32. The molecule has 2 aromatic rings. The number of carbonyl (C=O) groups is 1. The lowest BCUT2D eigenvalue weighted by atomic mass is 10.0. The summed E-state index contributed by atoms with van der Waals surface area (Å²) < 4.78 is 65.0. The Hall–Kier alpha value is -2.34. The molecule has 1 atom stereocenters. The Bertz CT molecular complexity index is 1100. The van der Waals surface area contributed by atoms with Crippen molar-refractivity contribution in [1.29, 1.82) is 0 Å². The quantitative estimate of drug-likeness (QED) is 0.573. The molecule has 11 heteroatoms. The highest BCUT2D eigenvalue weighted by atomic mass is 32.2. The molecular formula is C18H22FN3O5S2. The number of nitrogens with one attached hydrogen (secondary N) is 3. The highest BCUT2D eigenvalue weighted by molar-refractivity contribution is 7.89. The number of carbonyl (C=O) groups excluding carboxylic acids is 1. The molecule has 0 saturated carbocycles. The lowest BCUT2D eigenvalue weighted by molar-refractivity contribution is -0.116. The van der Waals surface area contributed by atoms with Gasteiger partial charge >= 0.3 is 0 Å². The van der Waals surface area contributed by atoms with Gasteiger partial charge in [-0.05, 0) is 49.4 Å². The van der Waals surface area contributed by atoms with Crippen molar-refractivity contribution in [2.24, 2.45) is 0 Å². The second-order valence-electron chi connectivity index (χ2n) is 6.43. The van der Waals surface area contributed by atoms with Crippen molar-refractivity contribution in [3.8, 4) is 0 Å². The number of hydrogen-bond donors (Lipinski definition) is 3. The van der Waals surface area contributed by atoms with Crippen molar-refractivity contribution in [3.05, 3.63) is 59.4 Å². The lowest BCUT2D eigenvalue weighted by Crippen LogP contribution is -2.31. The number of anilines is 1. The number of benzene rings is 2. The summed E-state index contributed by atoms with van der Waals surface area (Å²) in [5.74, 6) is -1.04. The molecule has 158 valence electrons. The average molecular weight is 444 g/mol. The fraction of sp³-hybridized carbons (Fsp3) is 0.278. The van der Waals surface area contributed by atoms with E-state index in [1.165, 1.54) is 43.4 Å². The second kappa shape index (κ2) is 8.99. The van der Waals surface area contributed by atoms with Gasteiger partial charge in [0, 0.05) is 12.1 Å². The van der Waals surface area contributed by atoms with Gasteiger partial charge in [-0.2, -0.15) is 0 Å². The average Bonchev–Trinajstić information content (AvgIpc) is 2.62. The fourth-order valence-corrected chi connectivity index (χ4v) is 4.08. The first kappa shape index (κ1) is 22.9. The van der Waals surface area contributed by atoms with Crippen LogP contribution in [0.3, 0.4) is 0 Å². The predicted octanol–water partition coefficient (Wildman–Crippen LogP) is 1.66. The molecule has 8 nitrogen and oxygen atoms in total. The van der Waals surface area contributed by atoms with Crippen molar-refractivity contribution < 1.29 is 26.0 Å². The molecule has 3 N–H and O–H groups in total. The number of sulfonamides is 2. The van der Waals surface area contributed by atoms with E-state index in [-0.39, 0.29) is 17.0 Å². The molecular weight excluding hydrogens is 421 g/mol. The van der Waals surface area contributed by atoms with Crippen LogP contribution in [0.2, 0.25) is 0 Å². The summed E-state index contributed by atoms with van der Waals surface area (Å²) in [5, 5.41) is 2.60. The van der Waals surface area contributed by atoms with Crippen LogP contribution < -0.4 is 14.8 Å². The van der Waals surface area contributed by atoms with Gasteiger partial charge in [0.15, 0.2) is 0 Å². The maximum atomic E-state index is 13.2. The van der Waals surface area contributed by atoms with E-state index in [1.807, 2.05) is 0 Å². The van der Waals surface area contributed by atoms with Crippen LogP contribution in [0.15, 0.2) is 47.4 Å². The van der Waals surface area contributed by atoms with Gasteiger partial charge in [0.2, 0.25) is 26.0 Å². The lowest BCUT2D eigenvalue weighted by Gasteiger charge is -2.18. The van der Waals surface area contributed by atoms with Crippen molar-refractivity contribution in [1.82, 2.24) is 9.44 Å². The van der Waals surface area contributed by atoms with Gasteiger partial charge in [-0.1, -0.05) is 18.2 Å². The van der Waals surface area contributed by atoms with Gasteiger partial charge in [-0.15, -0.1) is 0 Å². The highest BCUT2D eigenvalue weighted by Crippen LogP contribution is 2.23. The van der Waals surface area contributed by atoms with Crippen molar-refractivity contribution in [3.63, 3.8) is 0 Å². The standard InChI is InChI=1S/C18H22FN3O5S2/c1-12-4-9-15(29(26,27)20-2)10-16(12)21-18(23)11-17(22-28(3,24)25)13-5-7-14(19)8-6-13/h4-10,17,20,22H,11H2,1-3H3,(H,21,23). The van der Waals surface area contributed by atoms with E-state index in [2.05, 4.69) is 14.8 Å². The number of hydrogen-bond acceptors (Lipinski definition) is 5. The second-order valence-corrected chi connectivity index (χ2v) is 10.1. The van der Waals surface area contributed by atoms with Crippen LogP contribution in [0.5, 0.6) is 0 Å². The zero-order chi connectivity index (χ0) is 21.8. The maximum Gasteiger partial charge on any atom is 0.240 e. The van der Waals surface area contributed by atoms with Crippen LogP contribution in [0.4, 0.5) is 10.1 Å². The monoisotopic (exact) mass is 443 g/mol. The van der Waals surface area contributed by atoms with E-state index in [4.69, 9.17) is 0 Å². The Morgan fingerprint density at radius 3 is 2.24 bits per heavy atom. The topological polar surface area (TPSA) is 121 Å². The molecule has 0 saturated heterocycles. The third-order valence-corrected chi connectivity index (χ3v) is 6.21. The third kappa shape index (κ3) is 6.60. The fourth-order valence-electron chi connectivity index (χ4n) is 2.59. The van der Waals surface area contributed by atoms with Crippen LogP contribution in [0.1, 0.15) is 23.6 Å². The van der Waals surface area contributed by atoms with Gasteiger partial charge in [-0.3, -0.25) is 4.79 Å². The Balaban J connectivity index is 2.26. The Labute approximate surface area is 169 Å². The van der Waals surface area contributed by atoms with Gasteiger partial charge in [0.1, 0.15) is 5.82 Å². The normalized spacial score (nSPS) is 13.1. The Morgan fingerprint density at radius 2 is 1.69 bits per heavy atom. The number of rotatable bonds is 8. The summed E-state index contributed by atoms with van der Waals surface area (Å²) in [6.45, 7) is 1.69. The van der Waals surface area contributed by atoms with Crippen molar-refractivity contribution in [2.45, 2.75) is 24.3 Å². The molecule has 0 aromatic heterocycles. The zero-order valence-corrected chi connectivity index (χ0v) is 17.7. The Kier molecular flexibility index (Phi) is 7.11. The summed E-state index contributed by atoms with van der Waals surface area (Å²) in [6, 6.07) is 8.45. The van der Waals surface area contributed by atoms with Crippen LogP contribution in [0.25, 0.3) is 0 Å². The molecule has 0 bridgehead atoms. The molecule has 0 spiro atoms. The summed E-state index contributed by atoms with van der Waals surface area (Å²) >= 11 is 0. The van der Waals surface area contributed by atoms with Gasteiger partial charge in [0.25, 0.3) is 0 Å². The minimum absolute atomic E-state index is 0.0229. The molecule has 0 heterocycles. The van der Waals surface area contributed by atoms with Crippen LogP contribution in [-0.4, -0.2) is 36.0 Å². The predicted molar refractivity (Wildman–Crippen MR) is 108 cm³/mol. The first-order valence-electron chi connectivity index (χ1n) is 8.48. The van der Waals surface area contributed by atoms with E-state index in [1.54, 1.807) is 13.0 Å². The molecule has 29 heavy (non-hydrogen) atoms. The van der Waals surface area contributed by atoms with Gasteiger partial charge in [-0.25, -0.2) is 30.7 Å². The third-order valence-electron chi connectivity index (χ3n) is 4.08. The van der Waals surface area contributed by atoms with Crippen LogP contribution in [-0.2, 0) is 24.8 Å². The molecule has 0 radical (unpaired) electrons. The first-order chi connectivity index (χ1) is 13.4. The molecule has 2 aromatic carbocycles. The highest BCUT2D eigenvalue weighted by Gasteiger charge is 2.21. The first-order valence-corrected chi connectivity index (χ1v) is 11.9. The Morgan fingerprint density at radius 1 is 1.07 bits per heavy atom. The number of aryl methyl sites for hydroxylation is 1. The van der Waals surface area contributed by atoms with E-state index < -0.39 is 37.8 Å². The minimum Gasteiger partial charge on any atom is -0.326 e. The summed E-state index contributed by atoms with van der Waals surface area (Å²) in [6.07, 6.45) is 0.679. The molecule has 1 amide bonds. The van der Waals surface area contributed by atoms with E-state index in [0.717, 1.165) is 6.26 Å². The van der Waals surface area contributed by atoms with Crippen LogP contribution in [0, 0.1) is 12.7 Å². The smallest absolute Gasteiger partial charge is 0.240 e. The van der Waals surface area contributed by atoms with Crippen LogP contribution >= 0.6 is 0 Å². The molecule has 0 aliphatic rings. The summed E-state index contributed by atoms with van der Waals surface area (Å²) in [4.78, 5) is 12.5.